The van der Waals surface area contributed by atoms with Crippen LogP contribution in [0.5, 0.6) is 0 Å². The molecule has 3 aromatic carbocycles. The lowest BCUT2D eigenvalue weighted by Crippen LogP contribution is -2.10. The number of aryl methyl sites for hydroxylation is 1. The highest BCUT2D eigenvalue weighted by molar-refractivity contribution is 5.38. The van der Waals surface area contributed by atoms with Gasteiger partial charge in [0, 0.05) is 5.92 Å². The first-order chi connectivity index (χ1) is 10.8. The minimum atomic E-state index is 0.379. The number of rotatable bonds is 4. The Hall–Kier alpha value is -2.34. The first-order valence-corrected chi connectivity index (χ1v) is 7.92. The summed E-state index contributed by atoms with van der Waals surface area (Å²) in [5.74, 6) is 0.815. The predicted molar refractivity (Wildman–Crippen MR) is 94.3 cm³/mol. The average molecular weight is 286 g/mol. The van der Waals surface area contributed by atoms with E-state index >= 15 is 0 Å². The van der Waals surface area contributed by atoms with E-state index in [9.17, 15) is 0 Å². The molecule has 3 aromatic rings. The number of benzene rings is 3. The summed E-state index contributed by atoms with van der Waals surface area (Å²) in [6, 6.07) is 30.6. The summed E-state index contributed by atoms with van der Waals surface area (Å²) >= 11 is 0. The lowest BCUT2D eigenvalue weighted by molar-refractivity contribution is 0.657. The van der Waals surface area contributed by atoms with Gasteiger partial charge in [-0.05, 0) is 29.5 Å². The molecule has 0 bridgehead atoms. The molecule has 3 rings (SSSR count). The van der Waals surface area contributed by atoms with Gasteiger partial charge in [0.2, 0.25) is 0 Å². The van der Waals surface area contributed by atoms with Gasteiger partial charge in [-0.1, -0.05) is 97.4 Å². The highest BCUT2D eigenvalue weighted by atomic mass is 14.3. The molecule has 0 aliphatic heterocycles. The molecule has 0 nitrogen and oxygen atoms in total. The van der Waals surface area contributed by atoms with Crippen molar-refractivity contribution in [1.29, 1.82) is 0 Å². The van der Waals surface area contributed by atoms with Crippen LogP contribution >= 0.6 is 0 Å². The lowest BCUT2D eigenvalue weighted by Gasteiger charge is -2.26. The van der Waals surface area contributed by atoms with Crippen LogP contribution in [0.15, 0.2) is 84.9 Å². The van der Waals surface area contributed by atoms with E-state index < -0.39 is 0 Å². The van der Waals surface area contributed by atoms with E-state index in [0.29, 0.717) is 11.8 Å². The molecular weight excluding hydrogens is 264 g/mol. The van der Waals surface area contributed by atoms with Crippen molar-refractivity contribution < 1.29 is 0 Å². The predicted octanol–water partition coefficient (Wildman–Crippen LogP) is 5.93. The van der Waals surface area contributed by atoms with Crippen molar-refractivity contribution in [2.45, 2.75) is 25.7 Å². The Labute approximate surface area is 133 Å². The topological polar surface area (TPSA) is 0 Å². The van der Waals surface area contributed by atoms with Gasteiger partial charge in [-0.25, -0.2) is 0 Å². The van der Waals surface area contributed by atoms with Crippen molar-refractivity contribution in [2.24, 2.45) is 0 Å². The molecule has 0 heteroatoms. The van der Waals surface area contributed by atoms with Crippen LogP contribution in [0.4, 0.5) is 0 Å². The molecule has 0 amide bonds. The second-order valence-corrected chi connectivity index (χ2v) is 6.00. The van der Waals surface area contributed by atoms with Crippen LogP contribution in [0.25, 0.3) is 0 Å². The monoisotopic (exact) mass is 286 g/mol. The Balaban J connectivity index is 2.05. The summed E-state index contributed by atoms with van der Waals surface area (Å²) in [5.41, 5.74) is 5.45. The molecule has 0 saturated carbocycles. The van der Waals surface area contributed by atoms with E-state index in [4.69, 9.17) is 0 Å². The van der Waals surface area contributed by atoms with E-state index in [1.807, 2.05) is 0 Å². The Morgan fingerprint density at radius 2 is 1.00 bits per heavy atom. The normalized spacial score (nSPS) is 13.5. The van der Waals surface area contributed by atoms with Crippen molar-refractivity contribution in [3.05, 3.63) is 107 Å². The van der Waals surface area contributed by atoms with Crippen molar-refractivity contribution in [2.75, 3.05) is 0 Å². The maximum absolute atomic E-state index is 2.33. The van der Waals surface area contributed by atoms with Gasteiger partial charge < -0.3 is 0 Å². The molecule has 0 saturated heterocycles. The fourth-order valence-corrected chi connectivity index (χ4v) is 3.15. The molecule has 2 unspecified atom stereocenters. The molecule has 0 N–H and O–H groups in total. The van der Waals surface area contributed by atoms with Crippen LogP contribution in [-0.2, 0) is 0 Å². The van der Waals surface area contributed by atoms with Crippen LogP contribution < -0.4 is 0 Å². The first kappa shape index (κ1) is 14.6. The molecule has 0 aliphatic rings. The lowest BCUT2D eigenvalue weighted by atomic mass is 9.78. The quantitative estimate of drug-likeness (QED) is 0.557. The highest BCUT2D eigenvalue weighted by Gasteiger charge is 2.22. The van der Waals surface area contributed by atoms with Crippen molar-refractivity contribution in [3.63, 3.8) is 0 Å². The molecule has 0 aromatic heterocycles. The van der Waals surface area contributed by atoms with Gasteiger partial charge in [0.15, 0.2) is 0 Å². The first-order valence-electron chi connectivity index (χ1n) is 7.92. The van der Waals surface area contributed by atoms with Gasteiger partial charge in [0.05, 0.1) is 0 Å². The van der Waals surface area contributed by atoms with Gasteiger partial charge >= 0.3 is 0 Å². The third-order valence-electron chi connectivity index (χ3n) is 4.42. The SMILES string of the molecule is Cc1ccc(C(c2ccccc2)C(C)c2ccccc2)cc1. The average Bonchev–Trinajstić information content (AvgIpc) is 2.58. The third kappa shape index (κ3) is 3.12. The van der Waals surface area contributed by atoms with Gasteiger partial charge in [-0.3, -0.25) is 0 Å². The van der Waals surface area contributed by atoms with Crippen molar-refractivity contribution >= 4 is 0 Å². The smallest absolute Gasteiger partial charge is 0.0155 e. The third-order valence-corrected chi connectivity index (χ3v) is 4.42. The van der Waals surface area contributed by atoms with E-state index in [1.165, 1.54) is 22.3 Å². The second-order valence-electron chi connectivity index (χ2n) is 6.00. The molecule has 0 heterocycles. The van der Waals surface area contributed by atoms with Gasteiger partial charge in [0.1, 0.15) is 0 Å². The Bertz CT molecular complexity index is 696. The van der Waals surface area contributed by atoms with Crippen LogP contribution in [0.3, 0.4) is 0 Å². The van der Waals surface area contributed by atoms with E-state index in [-0.39, 0.29) is 0 Å². The van der Waals surface area contributed by atoms with Crippen LogP contribution in [-0.4, -0.2) is 0 Å². The fourth-order valence-electron chi connectivity index (χ4n) is 3.15. The summed E-state index contributed by atoms with van der Waals surface area (Å²) in [6.45, 7) is 4.47. The number of hydrogen-bond acceptors (Lipinski definition) is 0. The summed E-state index contributed by atoms with van der Waals surface area (Å²) in [4.78, 5) is 0. The summed E-state index contributed by atoms with van der Waals surface area (Å²) in [7, 11) is 0. The standard InChI is InChI=1S/C22H22/c1-17-13-15-21(16-14-17)22(20-11-7-4-8-12-20)18(2)19-9-5-3-6-10-19/h3-16,18,22H,1-2H3. The second kappa shape index (κ2) is 6.62. The largest absolute Gasteiger partial charge is 0.0622 e. The number of hydrogen-bond donors (Lipinski definition) is 0. The van der Waals surface area contributed by atoms with Gasteiger partial charge in [-0.2, -0.15) is 0 Å². The Morgan fingerprint density at radius 3 is 1.55 bits per heavy atom. The van der Waals surface area contributed by atoms with Crippen molar-refractivity contribution in [3.8, 4) is 0 Å². The fraction of sp³-hybridized carbons (Fsp3) is 0.182. The van der Waals surface area contributed by atoms with Crippen LogP contribution in [0, 0.1) is 6.92 Å². The van der Waals surface area contributed by atoms with Crippen LogP contribution in [0.1, 0.15) is 41.0 Å². The minimum Gasteiger partial charge on any atom is -0.0622 e. The summed E-state index contributed by atoms with van der Waals surface area (Å²) in [5, 5.41) is 0. The molecule has 0 radical (unpaired) electrons. The molecule has 0 aliphatic carbocycles. The molecule has 2 atom stereocenters. The molecular formula is C22H22. The molecule has 22 heavy (non-hydrogen) atoms. The molecule has 0 fully saturated rings. The van der Waals surface area contributed by atoms with Gasteiger partial charge in [0.25, 0.3) is 0 Å². The van der Waals surface area contributed by atoms with E-state index in [2.05, 4.69) is 98.8 Å². The zero-order valence-electron chi connectivity index (χ0n) is 13.2. The zero-order valence-corrected chi connectivity index (χ0v) is 13.2. The Morgan fingerprint density at radius 1 is 0.545 bits per heavy atom. The van der Waals surface area contributed by atoms with E-state index in [1.54, 1.807) is 0 Å². The zero-order chi connectivity index (χ0) is 15.4. The maximum atomic E-state index is 2.33. The highest BCUT2D eigenvalue weighted by Crippen LogP contribution is 2.38. The molecule has 110 valence electrons. The summed E-state index contributed by atoms with van der Waals surface area (Å²) in [6.07, 6.45) is 0. The Kier molecular flexibility index (Phi) is 4.39. The van der Waals surface area contributed by atoms with E-state index in [0.717, 1.165) is 0 Å². The summed E-state index contributed by atoms with van der Waals surface area (Å²) < 4.78 is 0. The minimum absolute atomic E-state index is 0.379. The maximum Gasteiger partial charge on any atom is 0.0155 e. The molecule has 0 spiro atoms. The van der Waals surface area contributed by atoms with Gasteiger partial charge in [-0.15, -0.1) is 0 Å². The van der Waals surface area contributed by atoms with Crippen molar-refractivity contribution in [1.82, 2.24) is 0 Å². The van der Waals surface area contributed by atoms with Crippen LogP contribution in [0.2, 0.25) is 0 Å².